The standard InChI is InChI=1S/C28H35N5O5/c1-15(2)37-25(34)17-13-18-22(20(14-17)36-9)33(8)24(30-18)19-12-16-10-11-21(31-23(16)29-19)28(6,7)32-26(35)38-27(3,4)5/h10-15H,1-9H3,(H,29,31)(H,32,35). The molecule has 1 amide bonds. The molecule has 0 unspecified atom stereocenters. The molecule has 4 aromatic rings. The molecule has 0 atom stereocenters. The normalized spacial score (nSPS) is 12.3. The average molecular weight is 522 g/mol. The summed E-state index contributed by atoms with van der Waals surface area (Å²) in [6, 6.07) is 9.15. The molecule has 3 heterocycles. The highest BCUT2D eigenvalue weighted by Crippen LogP contribution is 2.33. The van der Waals surface area contributed by atoms with E-state index < -0.39 is 23.2 Å². The first kappa shape index (κ1) is 27.0. The van der Waals surface area contributed by atoms with Gasteiger partial charge in [-0.3, -0.25) is 0 Å². The van der Waals surface area contributed by atoms with Gasteiger partial charge in [-0.05, 0) is 78.8 Å². The summed E-state index contributed by atoms with van der Waals surface area (Å²) in [6.07, 6.45) is -0.751. The zero-order valence-corrected chi connectivity index (χ0v) is 23.3. The number of hydrogen-bond acceptors (Lipinski definition) is 7. The number of hydrogen-bond donors (Lipinski definition) is 2. The Bertz CT molecular complexity index is 1520. The number of benzene rings is 1. The lowest BCUT2D eigenvalue weighted by Crippen LogP contribution is -2.44. The van der Waals surface area contributed by atoms with E-state index in [2.05, 4.69) is 10.3 Å². The molecule has 0 fully saturated rings. The predicted octanol–water partition coefficient (Wildman–Crippen LogP) is 5.45. The van der Waals surface area contributed by atoms with Gasteiger partial charge in [-0.2, -0.15) is 0 Å². The van der Waals surface area contributed by atoms with Crippen LogP contribution in [0.3, 0.4) is 0 Å². The van der Waals surface area contributed by atoms with Crippen LogP contribution in [0.15, 0.2) is 30.3 Å². The third-order valence-corrected chi connectivity index (χ3v) is 5.91. The van der Waals surface area contributed by atoms with Crippen molar-refractivity contribution in [2.24, 2.45) is 7.05 Å². The molecular formula is C28H35N5O5. The molecule has 0 bridgehead atoms. The van der Waals surface area contributed by atoms with Gasteiger partial charge in [-0.25, -0.2) is 19.6 Å². The van der Waals surface area contributed by atoms with Crippen molar-refractivity contribution in [1.29, 1.82) is 0 Å². The van der Waals surface area contributed by atoms with Crippen LogP contribution in [-0.4, -0.2) is 50.4 Å². The van der Waals surface area contributed by atoms with Crippen molar-refractivity contribution in [3.63, 3.8) is 0 Å². The number of carbonyl (C=O) groups excluding carboxylic acids is 2. The van der Waals surface area contributed by atoms with Crippen molar-refractivity contribution in [2.45, 2.75) is 65.7 Å². The van der Waals surface area contributed by atoms with Crippen LogP contribution in [0.1, 0.15) is 64.5 Å². The van der Waals surface area contributed by atoms with Crippen molar-refractivity contribution in [1.82, 2.24) is 24.8 Å². The maximum atomic E-state index is 12.5. The molecule has 1 aromatic carbocycles. The third-order valence-electron chi connectivity index (χ3n) is 5.91. The molecule has 0 aliphatic carbocycles. The molecule has 0 aliphatic rings. The Morgan fingerprint density at radius 2 is 1.76 bits per heavy atom. The molecule has 0 spiro atoms. The summed E-state index contributed by atoms with van der Waals surface area (Å²) >= 11 is 0. The van der Waals surface area contributed by atoms with Gasteiger partial charge in [-0.1, -0.05) is 0 Å². The van der Waals surface area contributed by atoms with E-state index in [-0.39, 0.29) is 6.10 Å². The Balaban J connectivity index is 1.71. The summed E-state index contributed by atoms with van der Waals surface area (Å²) in [6.45, 7) is 12.8. The molecule has 0 radical (unpaired) electrons. The summed E-state index contributed by atoms with van der Waals surface area (Å²) < 4.78 is 18.3. The monoisotopic (exact) mass is 521 g/mol. The third kappa shape index (κ3) is 5.44. The number of nitrogens with one attached hydrogen (secondary N) is 2. The fourth-order valence-corrected chi connectivity index (χ4v) is 4.20. The first-order chi connectivity index (χ1) is 17.7. The second-order valence-electron chi connectivity index (χ2n) is 11.1. The van der Waals surface area contributed by atoms with Crippen molar-refractivity contribution in [3.8, 4) is 17.3 Å². The van der Waals surface area contributed by atoms with Crippen LogP contribution >= 0.6 is 0 Å². The molecule has 3 aromatic heterocycles. The topological polar surface area (TPSA) is 120 Å². The van der Waals surface area contributed by atoms with Gasteiger partial charge >= 0.3 is 12.1 Å². The second-order valence-corrected chi connectivity index (χ2v) is 11.1. The van der Waals surface area contributed by atoms with Crippen LogP contribution in [0.5, 0.6) is 5.75 Å². The number of aromatic nitrogens is 4. The van der Waals surface area contributed by atoms with Crippen LogP contribution in [0.2, 0.25) is 0 Å². The molecule has 202 valence electrons. The number of carbonyl (C=O) groups is 2. The number of aromatic amines is 1. The number of pyridine rings is 1. The average Bonchev–Trinajstić information content (AvgIpc) is 3.36. The van der Waals surface area contributed by atoms with Gasteiger partial charge in [0.15, 0.2) is 5.82 Å². The highest BCUT2D eigenvalue weighted by atomic mass is 16.6. The van der Waals surface area contributed by atoms with Gasteiger partial charge in [-0.15, -0.1) is 0 Å². The van der Waals surface area contributed by atoms with Crippen LogP contribution in [0.4, 0.5) is 4.79 Å². The number of H-pyrrole nitrogens is 1. The maximum Gasteiger partial charge on any atom is 0.408 e. The number of fused-ring (bicyclic) bond motifs is 2. The van der Waals surface area contributed by atoms with Crippen LogP contribution < -0.4 is 10.1 Å². The maximum absolute atomic E-state index is 12.5. The van der Waals surface area contributed by atoms with Gasteiger partial charge in [0.25, 0.3) is 0 Å². The van der Waals surface area contributed by atoms with E-state index in [1.54, 1.807) is 33.1 Å². The summed E-state index contributed by atoms with van der Waals surface area (Å²) in [7, 11) is 3.44. The van der Waals surface area contributed by atoms with Gasteiger partial charge in [0.2, 0.25) is 0 Å². The number of ether oxygens (including phenoxy) is 3. The van der Waals surface area contributed by atoms with Gasteiger partial charge in [0.05, 0.1) is 41.2 Å². The molecule has 10 nitrogen and oxygen atoms in total. The van der Waals surface area contributed by atoms with Crippen LogP contribution in [0.25, 0.3) is 33.6 Å². The van der Waals surface area contributed by atoms with Crippen molar-refractivity contribution in [2.75, 3.05) is 7.11 Å². The molecule has 2 N–H and O–H groups in total. The lowest BCUT2D eigenvalue weighted by molar-refractivity contribution is 0.0376. The van der Waals surface area contributed by atoms with Crippen molar-refractivity contribution in [3.05, 3.63) is 41.6 Å². The minimum atomic E-state index is -0.770. The van der Waals surface area contributed by atoms with Gasteiger partial charge in [0, 0.05) is 12.4 Å². The Morgan fingerprint density at radius 3 is 2.39 bits per heavy atom. The number of imidazole rings is 1. The molecule has 4 rings (SSSR count). The summed E-state index contributed by atoms with van der Waals surface area (Å²) in [5, 5.41) is 3.78. The Morgan fingerprint density at radius 1 is 1.05 bits per heavy atom. The number of amides is 1. The predicted molar refractivity (Wildman–Crippen MR) is 145 cm³/mol. The number of methoxy groups -OCH3 is 1. The quantitative estimate of drug-likeness (QED) is 0.324. The molecule has 10 heteroatoms. The second kappa shape index (κ2) is 9.66. The Labute approximate surface area is 221 Å². The first-order valence-corrected chi connectivity index (χ1v) is 12.5. The zero-order valence-electron chi connectivity index (χ0n) is 23.3. The summed E-state index contributed by atoms with van der Waals surface area (Å²) in [5.74, 6) is 0.738. The van der Waals surface area contributed by atoms with E-state index in [4.69, 9.17) is 24.2 Å². The van der Waals surface area contributed by atoms with Crippen LogP contribution in [-0.2, 0) is 22.1 Å². The van der Waals surface area contributed by atoms with E-state index in [1.165, 1.54) is 0 Å². The Hall–Kier alpha value is -4.08. The van der Waals surface area contributed by atoms with Crippen molar-refractivity contribution >= 4 is 34.1 Å². The van der Waals surface area contributed by atoms with E-state index in [9.17, 15) is 9.59 Å². The number of nitrogens with zero attached hydrogens (tertiary/aromatic N) is 3. The first-order valence-electron chi connectivity index (χ1n) is 12.5. The smallest absolute Gasteiger partial charge is 0.408 e. The number of esters is 1. The SMILES string of the molecule is COc1cc(C(=O)OC(C)C)cc2nc(-c3cc4ccc(C(C)(C)NC(=O)OC(C)(C)C)nc4[nH]3)n(C)c12. The highest BCUT2D eigenvalue weighted by Gasteiger charge is 2.28. The van der Waals surface area contributed by atoms with Crippen LogP contribution in [0, 0.1) is 0 Å². The summed E-state index contributed by atoms with van der Waals surface area (Å²) in [5.41, 5.74) is 2.42. The van der Waals surface area contributed by atoms with E-state index in [0.717, 1.165) is 16.6 Å². The van der Waals surface area contributed by atoms with Crippen molar-refractivity contribution < 1.29 is 23.8 Å². The van der Waals surface area contributed by atoms with E-state index in [1.807, 2.05) is 64.4 Å². The van der Waals surface area contributed by atoms with Gasteiger partial charge < -0.3 is 29.1 Å². The fraction of sp³-hybridized carbons (Fsp3) is 0.429. The molecular weight excluding hydrogens is 486 g/mol. The minimum absolute atomic E-state index is 0.239. The highest BCUT2D eigenvalue weighted by molar-refractivity contribution is 5.97. The lowest BCUT2D eigenvalue weighted by atomic mass is 10.00. The lowest BCUT2D eigenvalue weighted by Gasteiger charge is -2.28. The Kier molecular flexibility index (Phi) is 6.86. The number of alkyl carbamates (subject to hydrolysis) is 1. The number of rotatable bonds is 6. The van der Waals surface area contributed by atoms with E-state index in [0.29, 0.717) is 34.0 Å². The van der Waals surface area contributed by atoms with E-state index >= 15 is 0 Å². The molecule has 0 saturated carbocycles. The molecule has 0 saturated heterocycles. The summed E-state index contributed by atoms with van der Waals surface area (Å²) in [4.78, 5) is 37.8. The fourth-order valence-electron chi connectivity index (χ4n) is 4.20. The largest absolute Gasteiger partial charge is 0.494 e. The van der Waals surface area contributed by atoms with Gasteiger partial charge in [0.1, 0.15) is 22.5 Å². The molecule has 38 heavy (non-hydrogen) atoms. The molecule has 0 aliphatic heterocycles. The number of aryl methyl sites for hydroxylation is 1. The zero-order chi connectivity index (χ0) is 28.0. The minimum Gasteiger partial charge on any atom is -0.494 e.